The van der Waals surface area contributed by atoms with Crippen LogP contribution >= 0.6 is 23.1 Å². The molecule has 0 nitrogen and oxygen atoms in total. The van der Waals surface area contributed by atoms with Gasteiger partial charge in [0.05, 0.1) is 0 Å². The first kappa shape index (κ1) is 33.7. The van der Waals surface area contributed by atoms with E-state index in [0.29, 0.717) is 11.2 Å². The van der Waals surface area contributed by atoms with E-state index in [1.54, 1.807) is 0 Å². The van der Waals surface area contributed by atoms with Crippen molar-refractivity contribution in [1.82, 2.24) is 0 Å². The van der Waals surface area contributed by atoms with Crippen LogP contribution in [0.25, 0.3) is 97.4 Å². The van der Waals surface area contributed by atoms with Crippen molar-refractivity contribution in [2.24, 2.45) is 0 Å². The van der Waals surface area contributed by atoms with Crippen molar-refractivity contribution in [3.8, 4) is 55.6 Å². The molecule has 58 heavy (non-hydrogen) atoms. The fourth-order valence-electron chi connectivity index (χ4n) is 9.67. The summed E-state index contributed by atoms with van der Waals surface area (Å²) in [6, 6.07) is 67.5. The number of hydrogen-bond acceptors (Lipinski definition) is 2. The standard InChI is InChI=1S/C56H36S2/c1-3-15-37(16-4-1)51-49(41-19-7-9-21-43(41)53-45-23-11-13-25-47(45)57-55(51)53)39-31-27-35(28-32-39)36-29-33-40(34-30-36)50-42-20-8-10-22-44(42)54-46-24-12-14-26-48(46)58-56(54)52(50)38-17-5-2-6-18-38/h1-34,45,47H. The van der Waals surface area contributed by atoms with Crippen molar-refractivity contribution in [2.45, 2.75) is 16.1 Å². The van der Waals surface area contributed by atoms with Gasteiger partial charge in [-0.1, -0.05) is 200 Å². The monoisotopic (exact) mass is 772 g/mol. The van der Waals surface area contributed by atoms with Gasteiger partial charge in [0, 0.05) is 47.4 Å². The Hall–Kier alpha value is -6.45. The normalized spacial score (nSPS) is 15.7. The van der Waals surface area contributed by atoms with Crippen LogP contribution in [0.4, 0.5) is 0 Å². The number of thioether (sulfide) groups is 1. The van der Waals surface area contributed by atoms with Gasteiger partial charge in [0.2, 0.25) is 0 Å². The predicted molar refractivity (Wildman–Crippen MR) is 252 cm³/mol. The van der Waals surface area contributed by atoms with Gasteiger partial charge >= 0.3 is 0 Å². The van der Waals surface area contributed by atoms with Crippen molar-refractivity contribution in [3.05, 3.63) is 212 Å². The highest BCUT2D eigenvalue weighted by molar-refractivity contribution is 8.00. The number of hydrogen-bond donors (Lipinski definition) is 0. The van der Waals surface area contributed by atoms with E-state index in [4.69, 9.17) is 0 Å². The Labute approximate surface area is 346 Å². The minimum absolute atomic E-state index is 0.380. The third-order valence-electron chi connectivity index (χ3n) is 12.2. The van der Waals surface area contributed by atoms with Gasteiger partial charge in [-0.3, -0.25) is 0 Å². The van der Waals surface area contributed by atoms with Crippen molar-refractivity contribution >= 4 is 64.8 Å². The zero-order valence-electron chi connectivity index (χ0n) is 31.6. The Bertz CT molecular complexity index is 3280. The number of thiophene rings is 1. The van der Waals surface area contributed by atoms with E-state index in [2.05, 4.69) is 206 Å². The Morgan fingerprint density at radius 1 is 0.345 bits per heavy atom. The lowest BCUT2D eigenvalue weighted by Gasteiger charge is -2.21. The Morgan fingerprint density at radius 3 is 1.47 bits per heavy atom. The lowest BCUT2D eigenvalue weighted by atomic mass is 9.82. The molecule has 0 amide bonds. The molecule has 0 N–H and O–H groups in total. The van der Waals surface area contributed by atoms with Crippen LogP contribution in [-0.4, -0.2) is 5.25 Å². The molecule has 2 atom stereocenters. The summed E-state index contributed by atoms with van der Waals surface area (Å²) in [5, 5.41) is 8.38. The molecule has 10 aromatic rings. The van der Waals surface area contributed by atoms with Crippen LogP contribution in [0.2, 0.25) is 0 Å². The molecule has 2 unspecified atom stereocenters. The number of allylic oxidation sites excluding steroid dienone is 3. The van der Waals surface area contributed by atoms with E-state index >= 15 is 0 Å². The topological polar surface area (TPSA) is 0 Å². The summed E-state index contributed by atoms with van der Waals surface area (Å²) >= 11 is 3.94. The van der Waals surface area contributed by atoms with Crippen molar-refractivity contribution < 1.29 is 0 Å². The zero-order valence-corrected chi connectivity index (χ0v) is 33.2. The van der Waals surface area contributed by atoms with Crippen LogP contribution in [-0.2, 0) is 0 Å². The van der Waals surface area contributed by atoms with Gasteiger partial charge in [-0.05, 0) is 77.7 Å². The van der Waals surface area contributed by atoms with Crippen LogP contribution in [0.5, 0.6) is 0 Å². The molecule has 0 radical (unpaired) electrons. The first-order valence-electron chi connectivity index (χ1n) is 20.1. The van der Waals surface area contributed by atoms with Crippen molar-refractivity contribution in [2.75, 3.05) is 0 Å². The van der Waals surface area contributed by atoms with Crippen LogP contribution in [0.3, 0.4) is 0 Å². The van der Waals surface area contributed by atoms with Gasteiger partial charge in [0.25, 0.3) is 0 Å². The summed E-state index contributed by atoms with van der Waals surface area (Å²) in [4.78, 5) is 1.42. The minimum Gasteiger partial charge on any atom is -0.134 e. The highest BCUT2D eigenvalue weighted by Gasteiger charge is 2.36. The Balaban J connectivity index is 0.996. The molecule has 2 aliphatic rings. The van der Waals surface area contributed by atoms with E-state index < -0.39 is 0 Å². The summed E-state index contributed by atoms with van der Waals surface area (Å²) in [6.07, 6.45) is 9.22. The predicted octanol–water partition coefficient (Wildman–Crippen LogP) is 16.4. The average molecular weight is 773 g/mol. The molecule has 1 aliphatic carbocycles. The summed E-state index contributed by atoms with van der Waals surface area (Å²) < 4.78 is 2.67. The van der Waals surface area contributed by atoms with Crippen LogP contribution in [0.1, 0.15) is 11.5 Å². The molecule has 0 fully saturated rings. The number of fused-ring (bicyclic) bond motifs is 10. The molecule has 272 valence electrons. The molecule has 12 rings (SSSR count). The zero-order chi connectivity index (χ0) is 38.2. The molecule has 2 heteroatoms. The van der Waals surface area contributed by atoms with Crippen molar-refractivity contribution in [1.29, 1.82) is 0 Å². The van der Waals surface area contributed by atoms with Crippen LogP contribution < -0.4 is 0 Å². The molecule has 0 saturated heterocycles. The second kappa shape index (κ2) is 13.6. The largest absolute Gasteiger partial charge is 0.134 e. The molecule has 0 spiro atoms. The minimum atomic E-state index is 0.380. The fraction of sp³-hybridized carbons (Fsp3) is 0.0357. The smallest absolute Gasteiger partial charge is 0.0446 e. The fourth-order valence-corrected chi connectivity index (χ4v) is 12.5. The Kier molecular flexibility index (Phi) is 7.89. The van der Waals surface area contributed by atoms with Gasteiger partial charge in [0.15, 0.2) is 0 Å². The lowest BCUT2D eigenvalue weighted by Crippen LogP contribution is -2.07. The maximum Gasteiger partial charge on any atom is 0.0446 e. The van der Waals surface area contributed by atoms with Gasteiger partial charge in [-0.25, -0.2) is 0 Å². The van der Waals surface area contributed by atoms with Crippen LogP contribution in [0, 0.1) is 0 Å². The van der Waals surface area contributed by atoms with Gasteiger partial charge in [-0.2, -0.15) is 0 Å². The van der Waals surface area contributed by atoms with E-state index in [9.17, 15) is 0 Å². The SMILES string of the molecule is C1=CC2Sc3c(-c4ccccc4)c(-c4ccc(-c5ccc(-c6c(-c7ccccc7)c7sc8ccccc8c7c7ccccc67)cc5)cc4)c4ccccc4c3C2C=C1. The van der Waals surface area contributed by atoms with Gasteiger partial charge < -0.3 is 0 Å². The maximum absolute atomic E-state index is 2.40. The molecule has 0 bridgehead atoms. The molecule has 1 aliphatic heterocycles. The summed E-state index contributed by atoms with van der Waals surface area (Å²) in [7, 11) is 0. The van der Waals surface area contributed by atoms with Gasteiger partial charge in [0.1, 0.15) is 0 Å². The molecular weight excluding hydrogens is 737 g/mol. The molecule has 0 saturated carbocycles. The quantitative estimate of drug-likeness (QED) is 0.168. The second-order valence-electron chi connectivity index (χ2n) is 15.4. The average Bonchev–Trinajstić information content (AvgIpc) is 3.88. The van der Waals surface area contributed by atoms with Crippen molar-refractivity contribution in [3.63, 3.8) is 0 Å². The molecule has 1 aromatic heterocycles. The molecular formula is C56H36S2. The van der Waals surface area contributed by atoms with E-state index in [1.165, 1.54) is 108 Å². The highest BCUT2D eigenvalue weighted by Crippen LogP contribution is 2.57. The summed E-state index contributed by atoms with van der Waals surface area (Å²) in [6.45, 7) is 0. The van der Waals surface area contributed by atoms with E-state index in [0.717, 1.165) is 0 Å². The van der Waals surface area contributed by atoms with E-state index in [-0.39, 0.29) is 0 Å². The lowest BCUT2D eigenvalue weighted by molar-refractivity contribution is 0.891. The summed E-state index contributed by atoms with van der Waals surface area (Å²) in [5.74, 6) is 0.380. The number of benzene rings is 9. The van der Waals surface area contributed by atoms with Gasteiger partial charge in [-0.15, -0.1) is 23.1 Å². The maximum atomic E-state index is 2.40. The number of rotatable bonds is 5. The third-order valence-corrected chi connectivity index (χ3v) is 14.8. The molecule has 2 heterocycles. The molecule has 9 aromatic carbocycles. The first-order chi connectivity index (χ1) is 28.8. The van der Waals surface area contributed by atoms with Crippen LogP contribution in [0.15, 0.2) is 211 Å². The van der Waals surface area contributed by atoms with E-state index in [1.807, 2.05) is 23.1 Å². The first-order valence-corrected chi connectivity index (χ1v) is 21.8. The Morgan fingerprint density at radius 2 is 0.810 bits per heavy atom. The summed E-state index contributed by atoms with van der Waals surface area (Å²) in [5.41, 5.74) is 14.2. The third kappa shape index (κ3) is 5.22. The second-order valence-corrected chi connectivity index (χ2v) is 17.6. The highest BCUT2D eigenvalue weighted by atomic mass is 32.2.